The lowest BCUT2D eigenvalue weighted by atomic mass is 10.1. The molecule has 0 bridgehead atoms. The van der Waals surface area contributed by atoms with E-state index in [-0.39, 0.29) is 19.0 Å². The number of benzene rings is 2. The lowest BCUT2D eigenvalue weighted by Crippen LogP contribution is -2.25. The standard InChI is InChI=1S/C28H23ClFN5O5S/c1-38-17-6-14-5-15(29)7-19(24(14)33-12-17)27-35-22-9-21(30)25-20(26(22)41-27)8-18(40-25)13-39-28(37)34-16-10-31-23(32-11-16)3-2-4-36/h5-7,9-12,18,36H,2-4,8,13H2,1H3,(H,34,37)/t18-/m1/s1. The van der Waals surface area contributed by atoms with Gasteiger partial charge in [0.05, 0.1) is 47.1 Å². The molecule has 0 fully saturated rings. The van der Waals surface area contributed by atoms with E-state index in [1.165, 1.54) is 29.8 Å². The molecule has 2 N–H and O–H groups in total. The van der Waals surface area contributed by atoms with Gasteiger partial charge in [-0.3, -0.25) is 10.3 Å². The van der Waals surface area contributed by atoms with E-state index in [2.05, 4.69) is 20.3 Å². The molecule has 1 amide bonds. The van der Waals surface area contributed by atoms with E-state index in [0.29, 0.717) is 63.2 Å². The summed E-state index contributed by atoms with van der Waals surface area (Å²) in [5.41, 5.74) is 2.96. The van der Waals surface area contributed by atoms with Gasteiger partial charge in [0.1, 0.15) is 29.3 Å². The number of rotatable bonds is 8. The number of carbonyl (C=O) groups excluding carboxylic acids is 1. The summed E-state index contributed by atoms with van der Waals surface area (Å²) in [4.78, 5) is 29.9. The fraction of sp³-hybridized carbons (Fsp3) is 0.250. The lowest BCUT2D eigenvalue weighted by Gasteiger charge is -2.12. The van der Waals surface area contributed by atoms with Crippen LogP contribution in [-0.4, -0.2) is 57.6 Å². The van der Waals surface area contributed by atoms with Crippen molar-refractivity contribution in [2.45, 2.75) is 25.4 Å². The molecule has 0 aliphatic carbocycles. The third-order valence-corrected chi connectivity index (χ3v) is 7.88. The number of aliphatic hydroxyl groups excluding tert-OH is 1. The minimum absolute atomic E-state index is 0.0505. The molecule has 1 atom stereocenters. The van der Waals surface area contributed by atoms with Crippen molar-refractivity contribution in [2.24, 2.45) is 0 Å². The zero-order chi connectivity index (χ0) is 28.5. The van der Waals surface area contributed by atoms with Gasteiger partial charge in [0.2, 0.25) is 0 Å². The molecule has 2 aromatic carbocycles. The third-order valence-electron chi connectivity index (χ3n) is 6.50. The van der Waals surface area contributed by atoms with Crippen LogP contribution < -0.4 is 14.8 Å². The highest BCUT2D eigenvalue weighted by Gasteiger charge is 2.31. The number of amides is 1. The molecule has 4 heterocycles. The van der Waals surface area contributed by atoms with Gasteiger partial charge in [-0.25, -0.2) is 24.1 Å². The van der Waals surface area contributed by atoms with Gasteiger partial charge in [-0.05, 0) is 24.6 Å². The second kappa shape index (κ2) is 11.4. The summed E-state index contributed by atoms with van der Waals surface area (Å²) in [5, 5.41) is 13.4. The number of methoxy groups -OCH3 is 1. The molecule has 1 aliphatic heterocycles. The van der Waals surface area contributed by atoms with E-state index in [0.717, 1.165) is 15.6 Å². The second-order valence-electron chi connectivity index (χ2n) is 9.32. The molecule has 210 valence electrons. The number of carbonyl (C=O) groups is 1. The quantitative estimate of drug-likeness (QED) is 0.236. The van der Waals surface area contributed by atoms with Crippen LogP contribution in [0, 0.1) is 5.82 Å². The third kappa shape index (κ3) is 5.58. The van der Waals surface area contributed by atoms with Crippen LogP contribution in [0.5, 0.6) is 11.5 Å². The van der Waals surface area contributed by atoms with Gasteiger partial charge in [-0.1, -0.05) is 11.6 Å². The molecule has 10 nitrogen and oxygen atoms in total. The average molecular weight is 596 g/mol. The van der Waals surface area contributed by atoms with Crippen LogP contribution in [0.25, 0.3) is 31.7 Å². The highest BCUT2D eigenvalue weighted by Crippen LogP contribution is 2.43. The van der Waals surface area contributed by atoms with Crippen molar-refractivity contribution in [3.8, 4) is 22.1 Å². The first kappa shape index (κ1) is 27.1. The normalized spacial score (nSPS) is 14.2. The Hall–Kier alpha value is -4.13. The smallest absolute Gasteiger partial charge is 0.411 e. The fourth-order valence-corrected chi connectivity index (χ4v) is 5.95. The number of hydrogen-bond acceptors (Lipinski definition) is 10. The molecular weight excluding hydrogens is 573 g/mol. The van der Waals surface area contributed by atoms with Crippen molar-refractivity contribution >= 4 is 55.8 Å². The number of fused-ring (bicyclic) bond motifs is 4. The number of halogens is 2. The number of thiazole rings is 1. The van der Waals surface area contributed by atoms with Crippen molar-refractivity contribution < 1.29 is 28.5 Å². The van der Waals surface area contributed by atoms with E-state index in [1.807, 2.05) is 6.07 Å². The van der Waals surface area contributed by atoms with Crippen LogP contribution in [-0.2, 0) is 17.6 Å². The van der Waals surface area contributed by atoms with Crippen molar-refractivity contribution in [3.05, 3.63) is 65.1 Å². The minimum atomic E-state index is -0.709. The van der Waals surface area contributed by atoms with E-state index in [4.69, 9.17) is 35.9 Å². The summed E-state index contributed by atoms with van der Waals surface area (Å²) in [6.07, 6.45) is 4.70. The summed E-state index contributed by atoms with van der Waals surface area (Å²) >= 11 is 7.81. The monoisotopic (exact) mass is 595 g/mol. The number of nitrogens with zero attached hydrogens (tertiary/aromatic N) is 4. The lowest BCUT2D eigenvalue weighted by molar-refractivity contribution is 0.100. The summed E-state index contributed by atoms with van der Waals surface area (Å²) in [6.45, 7) is -0.0395. The molecule has 0 unspecified atom stereocenters. The number of pyridine rings is 1. The van der Waals surface area contributed by atoms with E-state index in [1.54, 1.807) is 25.4 Å². The molecule has 13 heteroatoms. The van der Waals surface area contributed by atoms with Crippen LogP contribution in [0.15, 0.2) is 42.9 Å². The number of hydrogen-bond donors (Lipinski definition) is 2. The van der Waals surface area contributed by atoms with Crippen molar-refractivity contribution in [2.75, 3.05) is 25.6 Å². The van der Waals surface area contributed by atoms with E-state index in [9.17, 15) is 4.79 Å². The number of aromatic nitrogens is 4. The first-order chi connectivity index (χ1) is 19.9. The minimum Gasteiger partial charge on any atom is -0.495 e. The van der Waals surface area contributed by atoms with Crippen LogP contribution in [0.1, 0.15) is 17.8 Å². The molecular formula is C28H23ClFN5O5S. The number of aliphatic hydroxyl groups is 1. The van der Waals surface area contributed by atoms with Crippen LogP contribution in [0.3, 0.4) is 0 Å². The summed E-state index contributed by atoms with van der Waals surface area (Å²) in [7, 11) is 1.57. The molecule has 0 radical (unpaired) electrons. The second-order valence-corrected chi connectivity index (χ2v) is 10.8. The van der Waals surface area contributed by atoms with Crippen LogP contribution >= 0.6 is 22.9 Å². The Morgan fingerprint density at radius 2 is 2.05 bits per heavy atom. The molecule has 1 aliphatic rings. The first-order valence-electron chi connectivity index (χ1n) is 12.7. The number of aryl methyl sites for hydroxylation is 1. The Labute approximate surface area is 242 Å². The maximum atomic E-state index is 15.0. The van der Waals surface area contributed by atoms with Crippen molar-refractivity contribution in [3.63, 3.8) is 0 Å². The Balaban J connectivity index is 1.18. The maximum Gasteiger partial charge on any atom is 0.411 e. The van der Waals surface area contributed by atoms with E-state index >= 15 is 4.39 Å². The zero-order valence-corrected chi connectivity index (χ0v) is 23.3. The number of nitrogens with one attached hydrogen (secondary N) is 1. The summed E-state index contributed by atoms with van der Waals surface area (Å²) in [5.74, 6) is 0.769. The predicted octanol–water partition coefficient (Wildman–Crippen LogP) is 5.58. The van der Waals surface area contributed by atoms with Crippen LogP contribution in [0.2, 0.25) is 5.02 Å². The zero-order valence-electron chi connectivity index (χ0n) is 21.7. The molecule has 6 rings (SSSR count). The number of ether oxygens (including phenoxy) is 3. The van der Waals surface area contributed by atoms with Crippen LogP contribution in [0.4, 0.5) is 14.9 Å². The number of anilines is 1. The Bertz CT molecular complexity index is 1770. The van der Waals surface area contributed by atoms with Gasteiger partial charge in [0.15, 0.2) is 11.6 Å². The fourth-order valence-electron chi connectivity index (χ4n) is 4.61. The van der Waals surface area contributed by atoms with Gasteiger partial charge in [0.25, 0.3) is 0 Å². The Morgan fingerprint density at radius 3 is 2.83 bits per heavy atom. The van der Waals surface area contributed by atoms with Gasteiger partial charge < -0.3 is 19.3 Å². The van der Waals surface area contributed by atoms with Gasteiger partial charge in [-0.15, -0.1) is 11.3 Å². The highest BCUT2D eigenvalue weighted by atomic mass is 35.5. The van der Waals surface area contributed by atoms with Crippen molar-refractivity contribution in [1.29, 1.82) is 0 Å². The predicted molar refractivity (Wildman–Crippen MR) is 152 cm³/mol. The highest BCUT2D eigenvalue weighted by molar-refractivity contribution is 7.22. The largest absolute Gasteiger partial charge is 0.495 e. The molecule has 5 aromatic rings. The maximum absolute atomic E-state index is 15.0. The molecule has 0 saturated carbocycles. The molecule has 0 saturated heterocycles. The average Bonchev–Trinajstić information content (AvgIpc) is 3.60. The van der Waals surface area contributed by atoms with Gasteiger partial charge in [0, 0.05) is 47.1 Å². The SMILES string of the molecule is COc1cnc2c(-c3nc4cc(F)c5c(c4s3)C[C@H](COC(=O)Nc3cnc(CCCO)nc3)O5)cc(Cl)cc2c1. The van der Waals surface area contributed by atoms with Crippen molar-refractivity contribution in [1.82, 2.24) is 19.9 Å². The first-order valence-corrected chi connectivity index (χ1v) is 13.9. The molecule has 3 aromatic heterocycles. The Morgan fingerprint density at radius 1 is 1.22 bits per heavy atom. The summed E-state index contributed by atoms with van der Waals surface area (Å²) in [6, 6.07) is 6.78. The van der Waals surface area contributed by atoms with Gasteiger partial charge in [-0.2, -0.15) is 0 Å². The summed E-state index contributed by atoms with van der Waals surface area (Å²) < 4.78 is 32.3. The van der Waals surface area contributed by atoms with E-state index < -0.39 is 18.0 Å². The van der Waals surface area contributed by atoms with Gasteiger partial charge >= 0.3 is 6.09 Å². The molecule has 0 spiro atoms. The molecule has 41 heavy (non-hydrogen) atoms. The topological polar surface area (TPSA) is 129 Å². The Kier molecular flexibility index (Phi) is 7.52.